The molecule has 0 aliphatic heterocycles. The fourth-order valence-electron chi connectivity index (χ4n) is 2.31. The lowest BCUT2D eigenvalue weighted by Crippen LogP contribution is -1.88. The molecule has 0 atom stereocenters. The van der Waals surface area contributed by atoms with Crippen molar-refractivity contribution >= 4 is 11.8 Å². The maximum Gasteiger partial charge on any atom is 0.0438 e. The van der Waals surface area contributed by atoms with Crippen LogP contribution in [0.1, 0.15) is 90.4 Å². The summed E-state index contributed by atoms with van der Waals surface area (Å²) in [7, 11) is 0. The number of thioether (sulfide) groups is 1. The second kappa shape index (κ2) is 18.3. The van der Waals surface area contributed by atoms with Crippen molar-refractivity contribution in [1.82, 2.24) is 0 Å². The van der Waals surface area contributed by atoms with Crippen LogP contribution in [0.25, 0.3) is 0 Å². The first kappa shape index (κ1) is 19.3. The first-order valence-electron chi connectivity index (χ1n) is 8.60. The van der Waals surface area contributed by atoms with Gasteiger partial charge in [0.2, 0.25) is 0 Å². The summed E-state index contributed by atoms with van der Waals surface area (Å²) in [4.78, 5) is 0. The molecule has 0 aliphatic rings. The third kappa shape index (κ3) is 18.3. The molecule has 0 aromatic heterocycles. The Labute approximate surface area is 125 Å². The van der Waals surface area contributed by atoms with Crippen LogP contribution < -0.4 is 0 Å². The Hall–Kier alpha value is 0.310. The highest BCUT2D eigenvalue weighted by atomic mass is 32.2. The minimum Gasteiger partial charge on any atom is -0.396 e. The van der Waals surface area contributed by atoms with Gasteiger partial charge in [-0.25, -0.2) is 0 Å². The van der Waals surface area contributed by atoms with Gasteiger partial charge in [-0.3, -0.25) is 0 Å². The Bertz CT molecular complexity index is 134. The Balaban J connectivity index is 2.88. The van der Waals surface area contributed by atoms with Gasteiger partial charge in [0.1, 0.15) is 0 Å². The zero-order valence-corrected chi connectivity index (χ0v) is 14.0. The first-order chi connectivity index (χ1) is 9.41. The number of hydrogen-bond donors (Lipinski definition) is 1. The molecule has 0 aliphatic carbocycles. The molecule has 0 saturated carbocycles. The zero-order valence-electron chi connectivity index (χ0n) is 13.2. The molecule has 2 heteroatoms. The van der Waals surface area contributed by atoms with E-state index in [1.165, 1.54) is 82.8 Å². The van der Waals surface area contributed by atoms with E-state index in [2.05, 4.69) is 6.92 Å². The maximum absolute atomic E-state index is 8.66. The Morgan fingerprint density at radius 3 is 1.47 bits per heavy atom. The van der Waals surface area contributed by atoms with Gasteiger partial charge in [0.25, 0.3) is 0 Å². The van der Waals surface area contributed by atoms with Crippen molar-refractivity contribution in [2.75, 3.05) is 18.1 Å². The van der Waals surface area contributed by atoms with Gasteiger partial charge in [0.15, 0.2) is 0 Å². The van der Waals surface area contributed by atoms with Crippen molar-refractivity contribution in [2.24, 2.45) is 0 Å². The van der Waals surface area contributed by atoms with Crippen LogP contribution in [-0.4, -0.2) is 23.2 Å². The lowest BCUT2D eigenvalue weighted by atomic mass is 10.1. The summed E-state index contributed by atoms with van der Waals surface area (Å²) in [6, 6.07) is 0. The van der Waals surface area contributed by atoms with Gasteiger partial charge in [-0.05, 0) is 24.3 Å². The minimum atomic E-state index is 0.353. The van der Waals surface area contributed by atoms with E-state index in [-0.39, 0.29) is 0 Å². The van der Waals surface area contributed by atoms with Crippen molar-refractivity contribution in [2.45, 2.75) is 90.4 Å². The van der Waals surface area contributed by atoms with Crippen molar-refractivity contribution < 1.29 is 5.11 Å². The highest BCUT2D eigenvalue weighted by molar-refractivity contribution is 7.99. The lowest BCUT2D eigenvalue weighted by molar-refractivity contribution is 0.296. The van der Waals surface area contributed by atoms with E-state index in [4.69, 9.17) is 5.11 Å². The molecule has 1 N–H and O–H groups in total. The predicted molar refractivity (Wildman–Crippen MR) is 90.1 cm³/mol. The Morgan fingerprint density at radius 1 is 0.579 bits per heavy atom. The molecule has 0 fully saturated rings. The topological polar surface area (TPSA) is 20.2 Å². The van der Waals surface area contributed by atoms with Crippen molar-refractivity contribution in [1.29, 1.82) is 0 Å². The molecule has 0 radical (unpaired) electrons. The second-order valence-corrected chi connectivity index (χ2v) is 6.80. The average Bonchev–Trinajstić information content (AvgIpc) is 2.43. The smallest absolute Gasteiger partial charge is 0.0438 e. The fraction of sp³-hybridized carbons (Fsp3) is 1.00. The lowest BCUT2D eigenvalue weighted by Gasteiger charge is -2.03. The molecule has 0 saturated heterocycles. The third-order valence-electron chi connectivity index (χ3n) is 3.59. The van der Waals surface area contributed by atoms with E-state index in [0.29, 0.717) is 6.61 Å². The van der Waals surface area contributed by atoms with Crippen LogP contribution in [0, 0.1) is 0 Å². The van der Waals surface area contributed by atoms with E-state index in [0.717, 1.165) is 12.2 Å². The van der Waals surface area contributed by atoms with Gasteiger partial charge >= 0.3 is 0 Å². The standard InChI is InChI=1S/C17H36OS/c1-2-3-4-5-6-7-8-9-10-11-12-13-16-19-17-14-15-18/h18H,2-17H2,1H3. The first-order valence-corrected chi connectivity index (χ1v) is 9.76. The van der Waals surface area contributed by atoms with Crippen LogP contribution in [0.5, 0.6) is 0 Å². The second-order valence-electron chi connectivity index (χ2n) is 5.58. The van der Waals surface area contributed by atoms with Crippen LogP contribution in [0.3, 0.4) is 0 Å². The summed E-state index contributed by atoms with van der Waals surface area (Å²) in [6.45, 7) is 2.64. The summed E-state index contributed by atoms with van der Waals surface area (Å²) >= 11 is 2.00. The van der Waals surface area contributed by atoms with Crippen molar-refractivity contribution in [3.05, 3.63) is 0 Å². The van der Waals surface area contributed by atoms with Crippen LogP contribution in [0.2, 0.25) is 0 Å². The van der Waals surface area contributed by atoms with Gasteiger partial charge in [0, 0.05) is 6.61 Å². The SMILES string of the molecule is CCCCCCCCCCCCCCSCCCO. The number of hydrogen-bond acceptors (Lipinski definition) is 2. The molecule has 0 unspecified atom stereocenters. The maximum atomic E-state index is 8.66. The highest BCUT2D eigenvalue weighted by Crippen LogP contribution is 2.13. The fourth-order valence-corrected chi connectivity index (χ4v) is 3.26. The molecule has 0 bridgehead atoms. The predicted octanol–water partition coefficient (Wildman–Crippen LogP) is 5.80. The molecular formula is C17H36OS. The average molecular weight is 289 g/mol. The van der Waals surface area contributed by atoms with Crippen molar-refractivity contribution in [3.8, 4) is 0 Å². The monoisotopic (exact) mass is 288 g/mol. The highest BCUT2D eigenvalue weighted by Gasteiger charge is 1.94. The molecule has 0 heterocycles. The molecule has 0 spiro atoms. The van der Waals surface area contributed by atoms with Crippen LogP contribution in [0.15, 0.2) is 0 Å². The van der Waals surface area contributed by atoms with Crippen molar-refractivity contribution in [3.63, 3.8) is 0 Å². The van der Waals surface area contributed by atoms with Gasteiger partial charge in [-0.1, -0.05) is 77.6 Å². The van der Waals surface area contributed by atoms with Gasteiger partial charge in [-0.2, -0.15) is 11.8 Å². The summed E-state index contributed by atoms with van der Waals surface area (Å²) in [5.41, 5.74) is 0. The molecule has 0 aromatic rings. The molecular weight excluding hydrogens is 252 g/mol. The quantitative estimate of drug-likeness (QED) is 0.362. The summed E-state index contributed by atoms with van der Waals surface area (Å²) in [5, 5.41) is 8.66. The number of aliphatic hydroxyl groups is 1. The van der Waals surface area contributed by atoms with Crippen LogP contribution in [0.4, 0.5) is 0 Å². The molecule has 19 heavy (non-hydrogen) atoms. The van der Waals surface area contributed by atoms with E-state index in [9.17, 15) is 0 Å². The number of unbranched alkanes of at least 4 members (excludes halogenated alkanes) is 11. The van der Waals surface area contributed by atoms with E-state index < -0.39 is 0 Å². The Kier molecular flexibility index (Phi) is 18.6. The third-order valence-corrected chi connectivity index (χ3v) is 4.74. The van der Waals surface area contributed by atoms with E-state index >= 15 is 0 Å². The van der Waals surface area contributed by atoms with E-state index in [1.807, 2.05) is 11.8 Å². The molecule has 0 amide bonds. The molecule has 1 nitrogen and oxygen atoms in total. The molecule has 0 aromatic carbocycles. The van der Waals surface area contributed by atoms with E-state index in [1.54, 1.807) is 0 Å². The summed E-state index contributed by atoms with van der Waals surface area (Å²) in [6.07, 6.45) is 18.1. The van der Waals surface area contributed by atoms with Crippen LogP contribution in [-0.2, 0) is 0 Å². The normalized spacial score (nSPS) is 11.1. The van der Waals surface area contributed by atoms with Crippen LogP contribution >= 0.6 is 11.8 Å². The minimum absolute atomic E-state index is 0.353. The van der Waals surface area contributed by atoms with Gasteiger partial charge in [-0.15, -0.1) is 0 Å². The van der Waals surface area contributed by atoms with Gasteiger partial charge in [0.05, 0.1) is 0 Å². The largest absolute Gasteiger partial charge is 0.396 e. The summed E-state index contributed by atoms with van der Waals surface area (Å²) in [5.74, 6) is 2.42. The molecule has 0 rings (SSSR count). The molecule has 116 valence electrons. The zero-order chi connectivity index (χ0) is 14.0. The Morgan fingerprint density at radius 2 is 1.00 bits per heavy atom. The van der Waals surface area contributed by atoms with Gasteiger partial charge < -0.3 is 5.11 Å². The number of rotatable bonds is 16. The summed E-state index contributed by atoms with van der Waals surface area (Å²) < 4.78 is 0. The number of aliphatic hydroxyl groups excluding tert-OH is 1.